The second-order valence-electron chi connectivity index (χ2n) is 5.11. The lowest BCUT2D eigenvalue weighted by molar-refractivity contribution is 0.0730. The number of benzene rings is 1. The summed E-state index contributed by atoms with van der Waals surface area (Å²) in [7, 11) is 0. The van der Waals surface area contributed by atoms with Crippen LogP contribution in [-0.4, -0.2) is 33.6 Å². The van der Waals surface area contributed by atoms with E-state index in [4.69, 9.17) is 23.2 Å². The van der Waals surface area contributed by atoms with Crippen molar-refractivity contribution in [2.45, 2.75) is 18.1 Å². The van der Waals surface area contributed by atoms with E-state index in [0.29, 0.717) is 51.5 Å². The van der Waals surface area contributed by atoms with Crippen LogP contribution >= 0.6 is 35.0 Å². The molecule has 8 heteroatoms. The summed E-state index contributed by atoms with van der Waals surface area (Å²) in [6.07, 6.45) is 2.32. The second kappa shape index (κ2) is 6.55. The molecule has 0 aliphatic carbocycles. The fourth-order valence-corrected chi connectivity index (χ4v) is 3.19. The van der Waals surface area contributed by atoms with Gasteiger partial charge in [-0.05, 0) is 30.9 Å². The molecular formula is C15H13Cl2N3O2S. The minimum absolute atomic E-state index is 0.124. The van der Waals surface area contributed by atoms with E-state index in [0.717, 1.165) is 0 Å². The first kappa shape index (κ1) is 16.4. The van der Waals surface area contributed by atoms with Crippen molar-refractivity contribution < 1.29 is 4.79 Å². The molecule has 1 aromatic carbocycles. The monoisotopic (exact) mass is 369 g/mol. The van der Waals surface area contributed by atoms with E-state index in [-0.39, 0.29) is 11.5 Å². The molecule has 0 unspecified atom stereocenters. The average molecular weight is 370 g/mol. The molecule has 1 aliphatic heterocycles. The van der Waals surface area contributed by atoms with Gasteiger partial charge in [0.2, 0.25) is 0 Å². The summed E-state index contributed by atoms with van der Waals surface area (Å²) < 4.78 is 0. The Morgan fingerprint density at radius 3 is 2.83 bits per heavy atom. The van der Waals surface area contributed by atoms with Gasteiger partial charge in [-0.2, -0.15) is 0 Å². The summed E-state index contributed by atoms with van der Waals surface area (Å²) in [5.74, 6) is -0.151. The number of thioether (sulfide) groups is 1. The molecule has 0 bridgehead atoms. The van der Waals surface area contributed by atoms with Crippen LogP contribution in [0.25, 0.3) is 0 Å². The number of nitrogens with one attached hydrogen (secondary N) is 1. The van der Waals surface area contributed by atoms with E-state index in [1.807, 2.05) is 6.26 Å². The van der Waals surface area contributed by atoms with E-state index < -0.39 is 0 Å². The van der Waals surface area contributed by atoms with Crippen molar-refractivity contribution in [3.63, 3.8) is 0 Å². The van der Waals surface area contributed by atoms with Crippen LogP contribution in [-0.2, 0) is 13.0 Å². The van der Waals surface area contributed by atoms with Crippen molar-refractivity contribution in [2.75, 3.05) is 12.8 Å². The first-order chi connectivity index (χ1) is 11.0. The number of amides is 1. The Morgan fingerprint density at radius 2 is 2.13 bits per heavy atom. The molecule has 1 aromatic heterocycles. The standard InChI is InChI=1S/C15H13Cl2N3O2S/c1-23-15-18-12-7-20(5-4-9(12)13(21)19-15)14(22)8-2-3-10(16)11(17)6-8/h2-3,6H,4-5,7H2,1H3,(H,18,19,21). The third-order valence-corrected chi connectivity index (χ3v) is 5.02. The molecule has 0 saturated heterocycles. The topological polar surface area (TPSA) is 66.1 Å². The minimum Gasteiger partial charge on any atom is -0.332 e. The van der Waals surface area contributed by atoms with Crippen LogP contribution in [0, 0.1) is 0 Å². The number of nitrogens with zero attached hydrogens (tertiary/aromatic N) is 2. The van der Waals surface area contributed by atoms with Crippen LogP contribution in [0.2, 0.25) is 10.0 Å². The van der Waals surface area contributed by atoms with Gasteiger partial charge in [0.05, 0.1) is 22.3 Å². The van der Waals surface area contributed by atoms with Gasteiger partial charge in [-0.15, -0.1) is 0 Å². The molecule has 1 aliphatic rings. The number of carbonyl (C=O) groups excluding carboxylic acids is 1. The second-order valence-corrected chi connectivity index (χ2v) is 6.72. The Morgan fingerprint density at radius 1 is 1.35 bits per heavy atom. The molecule has 1 N–H and O–H groups in total. The Balaban J connectivity index is 1.89. The van der Waals surface area contributed by atoms with Crippen LogP contribution < -0.4 is 5.56 Å². The van der Waals surface area contributed by atoms with Gasteiger partial charge in [0.25, 0.3) is 11.5 Å². The summed E-state index contributed by atoms with van der Waals surface area (Å²) in [6.45, 7) is 0.779. The van der Waals surface area contributed by atoms with E-state index in [9.17, 15) is 9.59 Å². The number of aromatic nitrogens is 2. The van der Waals surface area contributed by atoms with Gasteiger partial charge in [0.15, 0.2) is 5.16 Å². The van der Waals surface area contributed by atoms with Gasteiger partial charge in [-0.25, -0.2) is 4.98 Å². The number of H-pyrrole nitrogens is 1. The predicted octanol–water partition coefficient (Wildman–Crippen LogP) is 3.00. The summed E-state index contributed by atoms with van der Waals surface area (Å²) in [4.78, 5) is 33.5. The molecule has 0 spiro atoms. The molecule has 3 rings (SSSR count). The highest BCUT2D eigenvalue weighted by Crippen LogP contribution is 2.24. The lowest BCUT2D eigenvalue weighted by atomic mass is 10.1. The Hall–Kier alpha value is -1.50. The predicted molar refractivity (Wildman–Crippen MR) is 91.5 cm³/mol. The van der Waals surface area contributed by atoms with Gasteiger partial charge in [0, 0.05) is 17.7 Å². The van der Waals surface area contributed by atoms with Gasteiger partial charge in [-0.1, -0.05) is 35.0 Å². The molecule has 120 valence electrons. The first-order valence-electron chi connectivity index (χ1n) is 6.90. The van der Waals surface area contributed by atoms with E-state index in [1.54, 1.807) is 23.1 Å². The summed E-state index contributed by atoms with van der Waals surface area (Å²) in [5, 5.41) is 1.30. The smallest absolute Gasteiger partial charge is 0.255 e. The van der Waals surface area contributed by atoms with E-state index in [1.165, 1.54) is 11.8 Å². The number of hydrogen-bond acceptors (Lipinski definition) is 4. The highest BCUT2D eigenvalue weighted by Gasteiger charge is 2.25. The van der Waals surface area contributed by atoms with Crippen molar-refractivity contribution in [2.24, 2.45) is 0 Å². The first-order valence-corrected chi connectivity index (χ1v) is 8.88. The van der Waals surface area contributed by atoms with Crippen LogP contribution in [0.15, 0.2) is 28.2 Å². The molecule has 2 aromatic rings. The fraction of sp³-hybridized carbons (Fsp3) is 0.267. The van der Waals surface area contributed by atoms with E-state index >= 15 is 0 Å². The molecule has 0 radical (unpaired) electrons. The van der Waals surface area contributed by atoms with Crippen LogP contribution in [0.3, 0.4) is 0 Å². The number of carbonyl (C=O) groups is 1. The van der Waals surface area contributed by atoms with Crippen LogP contribution in [0.1, 0.15) is 21.6 Å². The maximum Gasteiger partial charge on any atom is 0.255 e. The van der Waals surface area contributed by atoms with Crippen molar-refractivity contribution in [1.82, 2.24) is 14.9 Å². The van der Waals surface area contributed by atoms with Crippen molar-refractivity contribution >= 4 is 40.9 Å². The quantitative estimate of drug-likeness (QED) is 0.652. The highest BCUT2D eigenvalue weighted by molar-refractivity contribution is 7.98. The third kappa shape index (κ3) is 3.24. The van der Waals surface area contributed by atoms with Crippen LogP contribution in [0.5, 0.6) is 0 Å². The molecule has 2 heterocycles. The minimum atomic E-state index is -0.151. The number of fused-ring (bicyclic) bond motifs is 1. The molecule has 0 saturated carbocycles. The zero-order valence-electron chi connectivity index (χ0n) is 12.2. The molecular weight excluding hydrogens is 357 g/mol. The largest absolute Gasteiger partial charge is 0.332 e. The maximum absolute atomic E-state index is 12.6. The fourth-order valence-electron chi connectivity index (χ4n) is 2.50. The Labute approximate surface area is 147 Å². The zero-order chi connectivity index (χ0) is 16.6. The van der Waals surface area contributed by atoms with Crippen LogP contribution in [0.4, 0.5) is 0 Å². The SMILES string of the molecule is CSc1nc2c(c(=O)[nH]1)CCN(C(=O)c1ccc(Cl)c(Cl)c1)C2. The number of rotatable bonds is 2. The third-order valence-electron chi connectivity index (χ3n) is 3.70. The molecule has 0 fully saturated rings. The normalized spacial score (nSPS) is 13.8. The lowest BCUT2D eigenvalue weighted by Crippen LogP contribution is -2.39. The van der Waals surface area contributed by atoms with Gasteiger partial charge < -0.3 is 9.88 Å². The lowest BCUT2D eigenvalue weighted by Gasteiger charge is -2.28. The summed E-state index contributed by atoms with van der Waals surface area (Å²) in [5.41, 5.74) is 1.65. The zero-order valence-corrected chi connectivity index (χ0v) is 14.6. The van der Waals surface area contributed by atoms with Crippen molar-refractivity contribution in [3.05, 3.63) is 55.4 Å². The molecule has 0 atom stereocenters. The van der Waals surface area contributed by atoms with E-state index in [2.05, 4.69) is 9.97 Å². The molecule has 1 amide bonds. The number of hydrogen-bond donors (Lipinski definition) is 1. The van der Waals surface area contributed by atoms with Gasteiger partial charge in [-0.3, -0.25) is 9.59 Å². The molecule has 23 heavy (non-hydrogen) atoms. The highest BCUT2D eigenvalue weighted by atomic mass is 35.5. The maximum atomic E-state index is 12.6. The Kier molecular flexibility index (Phi) is 4.66. The van der Waals surface area contributed by atoms with Gasteiger partial charge >= 0.3 is 0 Å². The summed E-state index contributed by atoms with van der Waals surface area (Å²) >= 11 is 13.2. The summed E-state index contributed by atoms with van der Waals surface area (Å²) in [6, 6.07) is 4.80. The number of aromatic amines is 1. The average Bonchev–Trinajstić information content (AvgIpc) is 2.56. The Bertz CT molecular complexity index is 838. The molecule has 5 nitrogen and oxygen atoms in total. The van der Waals surface area contributed by atoms with Gasteiger partial charge in [0.1, 0.15) is 0 Å². The van der Waals surface area contributed by atoms with Crippen molar-refractivity contribution in [1.29, 1.82) is 0 Å². The van der Waals surface area contributed by atoms with Crippen molar-refractivity contribution in [3.8, 4) is 0 Å². The number of halogens is 2.